The van der Waals surface area contributed by atoms with Crippen molar-refractivity contribution < 1.29 is 19.4 Å². The van der Waals surface area contributed by atoms with E-state index in [2.05, 4.69) is 5.32 Å². The van der Waals surface area contributed by atoms with Crippen molar-refractivity contribution in [3.05, 3.63) is 42.1 Å². The summed E-state index contributed by atoms with van der Waals surface area (Å²) in [6.07, 6.45) is 1.30. The number of carboxylic acids is 1. The van der Waals surface area contributed by atoms with Gasteiger partial charge in [0.05, 0.1) is 17.8 Å². The van der Waals surface area contributed by atoms with E-state index in [1.807, 2.05) is 38.1 Å². The minimum atomic E-state index is -0.939. The molecular formula is C18H19N3O4S. The largest absolute Gasteiger partial charge is 0.484 e. The Morgan fingerprint density at radius 2 is 2.12 bits per heavy atom. The Balaban J connectivity index is 1.68. The number of thioether (sulfide) groups is 1. The van der Waals surface area contributed by atoms with E-state index in [1.165, 1.54) is 17.8 Å². The second-order valence-corrected chi connectivity index (χ2v) is 8.38. The summed E-state index contributed by atoms with van der Waals surface area (Å²) in [5.74, 6) is -0.668. The molecule has 2 heterocycles. The molecule has 0 saturated carbocycles. The molecule has 2 aliphatic rings. The van der Waals surface area contributed by atoms with Gasteiger partial charge in [0.2, 0.25) is 0 Å². The zero-order valence-corrected chi connectivity index (χ0v) is 15.2. The third kappa shape index (κ3) is 3.22. The van der Waals surface area contributed by atoms with Crippen LogP contribution in [-0.2, 0) is 9.59 Å². The Labute approximate surface area is 155 Å². The first kappa shape index (κ1) is 18.1. The summed E-state index contributed by atoms with van der Waals surface area (Å²) in [7, 11) is 0. The first-order valence-corrected chi connectivity index (χ1v) is 8.99. The van der Waals surface area contributed by atoms with Gasteiger partial charge >= 0.3 is 5.97 Å². The molecule has 26 heavy (non-hydrogen) atoms. The van der Waals surface area contributed by atoms with Crippen LogP contribution in [0.4, 0.5) is 0 Å². The summed E-state index contributed by atoms with van der Waals surface area (Å²) < 4.78 is 4.90. The van der Waals surface area contributed by atoms with E-state index in [1.54, 1.807) is 17.0 Å². The van der Waals surface area contributed by atoms with Crippen LogP contribution in [0.3, 0.4) is 0 Å². The molecule has 1 aromatic carbocycles. The van der Waals surface area contributed by atoms with E-state index in [4.69, 9.17) is 10.00 Å². The molecule has 0 radical (unpaired) electrons. The number of nitrogens with one attached hydrogen (secondary N) is 1. The molecule has 7 nitrogen and oxygen atoms in total. The van der Waals surface area contributed by atoms with Crippen LogP contribution >= 0.6 is 11.8 Å². The Morgan fingerprint density at radius 3 is 2.73 bits per heavy atom. The van der Waals surface area contributed by atoms with Gasteiger partial charge < -0.3 is 20.1 Å². The third-order valence-corrected chi connectivity index (χ3v) is 5.98. The third-order valence-electron chi connectivity index (χ3n) is 4.41. The van der Waals surface area contributed by atoms with Gasteiger partial charge in [0, 0.05) is 10.8 Å². The van der Waals surface area contributed by atoms with Crippen LogP contribution in [0.15, 0.2) is 42.1 Å². The highest BCUT2D eigenvalue weighted by Crippen LogP contribution is 2.54. The molecule has 2 aliphatic heterocycles. The number of nitrogens with zero attached hydrogens (tertiary/aromatic N) is 2. The summed E-state index contributed by atoms with van der Waals surface area (Å²) in [6, 6.07) is 9.78. The van der Waals surface area contributed by atoms with Crippen LogP contribution in [0.5, 0.6) is 5.75 Å². The van der Waals surface area contributed by atoms with Crippen molar-refractivity contribution in [2.24, 2.45) is 0 Å². The highest BCUT2D eigenvalue weighted by Gasteiger charge is 2.61. The van der Waals surface area contributed by atoms with E-state index in [0.717, 1.165) is 0 Å². The molecule has 0 unspecified atom stereocenters. The Morgan fingerprint density at radius 1 is 1.42 bits per heavy atom. The van der Waals surface area contributed by atoms with Gasteiger partial charge in [-0.15, -0.1) is 11.8 Å². The molecule has 8 heteroatoms. The number of allylic oxidation sites excluding steroid dienone is 1. The monoisotopic (exact) mass is 373 g/mol. The zero-order valence-electron chi connectivity index (χ0n) is 14.4. The standard InChI is InChI=1S/C18H19N3O4S/c1-18(2)15(17(23)24)21-12(8-9-19)14(16(21)26-18)20-13(22)10-25-11-6-4-3-5-7-11/h3-8,14-16H,10H2,1-2H3,(H,20,22)(H,23,24)/b12-8+/t14-,15+,16-/m1/s1. The number of hydrogen-bond donors (Lipinski definition) is 2. The maximum Gasteiger partial charge on any atom is 0.327 e. The van der Waals surface area contributed by atoms with Crippen LogP contribution < -0.4 is 10.1 Å². The topological polar surface area (TPSA) is 103 Å². The van der Waals surface area contributed by atoms with Crippen LogP contribution in [-0.4, -0.2) is 50.7 Å². The number of benzene rings is 1. The van der Waals surface area contributed by atoms with E-state index in [0.29, 0.717) is 11.4 Å². The van der Waals surface area contributed by atoms with Gasteiger partial charge in [-0.1, -0.05) is 18.2 Å². The number of aliphatic carboxylic acids is 1. The van der Waals surface area contributed by atoms with Gasteiger partial charge in [-0.05, 0) is 26.0 Å². The predicted molar refractivity (Wildman–Crippen MR) is 96.3 cm³/mol. The van der Waals surface area contributed by atoms with Gasteiger partial charge in [-0.2, -0.15) is 5.26 Å². The van der Waals surface area contributed by atoms with Gasteiger partial charge in [0.15, 0.2) is 6.61 Å². The zero-order chi connectivity index (χ0) is 18.9. The number of amides is 1. The molecule has 3 rings (SSSR count). The minimum Gasteiger partial charge on any atom is -0.484 e. The lowest BCUT2D eigenvalue weighted by molar-refractivity contribution is -0.144. The average Bonchev–Trinajstić information content (AvgIpc) is 2.85. The van der Waals surface area contributed by atoms with E-state index < -0.39 is 22.8 Å². The fraction of sp³-hybridized carbons (Fsp3) is 0.389. The minimum absolute atomic E-state index is 0.149. The van der Waals surface area contributed by atoms with Crippen LogP contribution in [0, 0.1) is 11.3 Å². The molecule has 0 aliphatic carbocycles. The number of ether oxygens (including phenoxy) is 1. The lowest BCUT2D eigenvalue weighted by Crippen LogP contribution is -2.65. The quantitative estimate of drug-likeness (QED) is 0.755. The summed E-state index contributed by atoms with van der Waals surface area (Å²) >= 11 is 1.49. The molecule has 0 spiro atoms. The lowest BCUT2D eigenvalue weighted by atomic mass is 9.93. The Hall–Kier alpha value is -2.66. The number of carboxylic acid groups (broad SMARTS) is 1. The second kappa shape index (κ2) is 6.92. The Kier molecular flexibility index (Phi) is 4.83. The average molecular weight is 373 g/mol. The van der Waals surface area contributed by atoms with Crippen LogP contribution in [0.25, 0.3) is 0 Å². The second-order valence-electron chi connectivity index (χ2n) is 6.61. The number of carbonyl (C=O) groups is 2. The smallest absolute Gasteiger partial charge is 0.327 e. The summed E-state index contributed by atoms with van der Waals surface area (Å²) in [5, 5.41) is 21.2. The van der Waals surface area contributed by atoms with Crippen molar-refractivity contribution in [3.63, 3.8) is 0 Å². The normalized spacial score (nSPS) is 27.2. The molecule has 136 valence electrons. The fourth-order valence-electron chi connectivity index (χ4n) is 3.34. The van der Waals surface area contributed by atoms with Gasteiger partial charge in [-0.25, -0.2) is 4.79 Å². The van der Waals surface area contributed by atoms with E-state index in [9.17, 15) is 14.7 Å². The summed E-state index contributed by atoms with van der Waals surface area (Å²) in [4.78, 5) is 25.6. The highest BCUT2D eigenvalue weighted by molar-refractivity contribution is 8.01. The number of para-hydroxylation sites is 1. The summed E-state index contributed by atoms with van der Waals surface area (Å²) in [6.45, 7) is 3.57. The first-order valence-electron chi connectivity index (χ1n) is 8.11. The molecule has 0 bridgehead atoms. The molecule has 1 amide bonds. The molecular weight excluding hydrogens is 354 g/mol. The lowest BCUT2D eigenvalue weighted by Gasteiger charge is -2.48. The number of rotatable bonds is 5. The molecule has 3 atom stereocenters. The van der Waals surface area contributed by atoms with Gasteiger partial charge in [-0.3, -0.25) is 4.79 Å². The van der Waals surface area contributed by atoms with Crippen molar-refractivity contribution in [2.75, 3.05) is 6.61 Å². The maximum absolute atomic E-state index is 12.2. The van der Waals surface area contributed by atoms with Gasteiger partial charge in [0.25, 0.3) is 5.91 Å². The van der Waals surface area contributed by atoms with Crippen LogP contribution in [0.2, 0.25) is 0 Å². The highest BCUT2D eigenvalue weighted by atomic mass is 32.2. The SMILES string of the molecule is CC1(C)S[C@@H]2[C@H](NC(=O)COc3ccccc3)/C(=C\C#N)N2[C@H]1C(=O)O. The maximum atomic E-state index is 12.2. The number of nitriles is 1. The number of fused-ring (bicyclic) bond motifs is 1. The van der Waals surface area contributed by atoms with Crippen molar-refractivity contribution in [1.29, 1.82) is 5.26 Å². The molecule has 0 aromatic heterocycles. The van der Waals surface area contributed by atoms with Crippen LogP contribution in [0.1, 0.15) is 13.8 Å². The van der Waals surface area contributed by atoms with Crippen molar-refractivity contribution in [2.45, 2.75) is 36.1 Å². The molecule has 2 fully saturated rings. The molecule has 2 saturated heterocycles. The van der Waals surface area contributed by atoms with Crippen molar-refractivity contribution in [3.8, 4) is 11.8 Å². The van der Waals surface area contributed by atoms with Gasteiger partial charge in [0.1, 0.15) is 17.2 Å². The van der Waals surface area contributed by atoms with E-state index >= 15 is 0 Å². The number of hydrogen-bond acceptors (Lipinski definition) is 6. The van der Waals surface area contributed by atoms with Crippen molar-refractivity contribution in [1.82, 2.24) is 10.2 Å². The first-order chi connectivity index (χ1) is 12.3. The van der Waals surface area contributed by atoms with E-state index in [-0.39, 0.29) is 17.9 Å². The molecule has 1 aromatic rings. The number of carbonyl (C=O) groups excluding carboxylic acids is 1. The Bertz CT molecular complexity index is 787. The predicted octanol–water partition coefficient (Wildman–Crippen LogP) is 1.58. The summed E-state index contributed by atoms with van der Waals surface area (Å²) in [5.41, 5.74) is 0.524. The molecule has 2 N–H and O–H groups in total. The van der Waals surface area contributed by atoms with Crippen molar-refractivity contribution >= 4 is 23.6 Å². The fourth-order valence-corrected chi connectivity index (χ4v) is 5.00.